The van der Waals surface area contributed by atoms with Crippen LogP contribution in [0.4, 0.5) is 0 Å². The molecule has 1 amide bonds. The molecule has 0 saturated carbocycles. The van der Waals surface area contributed by atoms with E-state index in [9.17, 15) is 4.79 Å². The Bertz CT molecular complexity index is 911. The Morgan fingerprint density at radius 1 is 1.12 bits per heavy atom. The number of hydrogen-bond acceptors (Lipinski definition) is 4. The molecule has 2 aromatic heterocycles. The molecular weight excluding hydrogens is 314 g/mol. The maximum atomic E-state index is 12.5. The van der Waals surface area contributed by atoms with Crippen molar-refractivity contribution in [1.82, 2.24) is 24.9 Å². The SMILES string of the molecule is Cn1cc(-c2ccc3cnc(CC(=O)N4CCCCC4)cc3c2)nn1. The fraction of sp³-hybridized carbons (Fsp3) is 0.368. The lowest BCUT2D eigenvalue weighted by atomic mass is 10.1. The van der Waals surface area contributed by atoms with Crippen LogP contribution >= 0.6 is 0 Å². The predicted octanol–water partition coefficient (Wildman–Crippen LogP) is 2.59. The van der Waals surface area contributed by atoms with Crippen LogP contribution in [0.3, 0.4) is 0 Å². The Morgan fingerprint density at radius 2 is 1.96 bits per heavy atom. The highest BCUT2D eigenvalue weighted by Gasteiger charge is 2.17. The molecule has 0 unspecified atom stereocenters. The molecule has 0 aliphatic carbocycles. The molecule has 3 heterocycles. The van der Waals surface area contributed by atoms with Crippen molar-refractivity contribution in [3.63, 3.8) is 0 Å². The van der Waals surface area contributed by atoms with Crippen molar-refractivity contribution in [3.05, 3.63) is 42.4 Å². The van der Waals surface area contributed by atoms with Crippen molar-refractivity contribution >= 4 is 16.7 Å². The number of benzene rings is 1. The Kier molecular flexibility index (Phi) is 4.17. The number of nitrogens with zero attached hydrogens (tertiary/aromatic N) is 5. The van der Waals surface area contributed by atoms with Crippen LogP contribution in [0, 0.1) is 0 Å². The molecule has 128 valence electrons. The van der Waals surface area contributed by atoms with Crippen molar-refractivity contribution in [3.8, 4) is 11.3 Å². The topological polar surface area (TPSA) is 63.9 Å². The maximum absolute atomic E-state index is 12.5. The first-order chi connectivity index (χ1) is 12.2. The van der Waals surface area contributed by atoms with E-state index in [1.807, 2.05) is 42.5 Å². The largest absolute Gasteiger partial charge is 0.342 e. The minimum atomic E-state index is 0.177. The summed E-state index contributed by atoms with van der Waals surface area (Å²) in [6.07, 6.45) is 7.54. The first kappa shape index (κ1) is 15.7. The van der Waals surface area contributed by atoms with Crippen LogP contribution in [0.15, 0.2) is 36.7 Å². The molecule has 0 bridgehead atoms. The molecular formula is C19H21N5O. The molecule has 1 aliphatic heterocycles. The average molecular weight is 335 g/mol. The molecule has 1 fully saturated rings. The van der Waals surface area contributed by atoms with E-state index in [1.165, 1.54) is 6.42 Å². The van der Waals surface area contributed by atoms with E-state index in [0.717, 1.165) is 53.7 Å². The number of hydrogen-bond donors (Lipinski definition) is 0. The molecule has 0 radical (unpaired) electrons. The van der Waals surface area contributed by atoms with Gasteiger partial charge in [-0.15, -0.1) is 5.10 Å². The number of fused-ring (bicyclic) bond motifs is 1. The lowest BCUT2D eigenvalue weighted by Crippen LogP contribution is -2.36. The third-order valence-electron chi connectivity index (χ3n) is 4.72. The highest BCUT2D eigenvalue weighted by molar-refractivity contribution is 5.87. The standard InChI is InChI=1S/C19H21N5O/c1-23-13-18(21-22-23)14-5-6-15-12-20-17(10-16(15)9-14)11-19(25)24-7-3-2-4-8-24/h5-6,9-10,12-13H,2-4,7-8,11H2,1H3. The number of carbonyl (C=O) groups is 1. The molecule has 1 aliphatic rings. The fourth-order valence-electron chi connectivity index (χ4n) is 3.33. The van der Waals surface area contributed by atoms with Gasteiger partial charge in [-0.25, -0.2) is 0 Å². The predicted molar refractivity (Wildman–Crippen MR) is 95.9 cm³/mol. The minimum Gasteiger partial charge on any atom is -0.342 e. The van der Waals surface area contributed by atoms with Gasteiger partial charge < -0.3 is 4.90 Å². The number of carbonyl (C=O) groups excluding carboxylic acids is 1. The molecule has 1 saturated heterocycles. The number of aryl methyl sites for hydroxylation is 1. The summed E-state index contributed by atoms with van der Waals surface area (Å²) in [7, 11) is 1.85. The molecule has 6 nitrogen and oxygen atoms in total. The molecule has 0 atom stereocenters. The second kappa shape index (κ2) is 6.63. The highest BCUT2D eigenvalue weighted by Crippen LogP contribution is 2.23. The van der Waals surface area contributed by atoms with Gasteiger partial charge in [0, 0.05) is 37.3 Å². The van der Waals surface area contributed by atoms with Crippen molar-refractivity contribution in [2.24, 2.45) is 7.05 Å². The lowest BCUT2D eigenvalue weighted by Gasteiger charge is -2.26. The van der Waals surface area contributed by atoms with Crippen molar-refractivity contribution < 1.29 is 4.79 Å². The molecule has 0 N–H and O–H groups in total. The van der Waals surface area contributed by atoms with Crippen LogP contribution in [0.25, 0.3) is 22.0 Å². The zero-order valence-corrected chi connectivity index (χ0v) is 14.4. The van der Waals surface area contributed by atoms with Crippen molar-refractivity contribution in [2.75, 3.05) is 13.1 Å². The smallest absolute Gasteiger partial charge is 0.228 e. The van der Waals surface area contributed by atoms with Gasteiger partial charge in [-0.2, -0.15) is 0 Å². The van der Waals surface area contributed by atoms with Gasteiger partial charge in [-0.05, 0) is 36.8 Å². The van der Waals surface area contributed by atoms with E-state index in [4.69, 9.17) is 0 Å². The fourth-order valence-corrected chi connectivity index (χ4v) is 3.33. The van der Waals surface area contributed by atoms with Crippen LogP contribution < -0.4 is 0 Å². The van der Waals surface area contributed by atoms with E-state index in [-0.39, 0.29) is 5.91 Å². The van der Waals surface area contributed by atoms with Crippen molar-refractivity contribution in [2.45, 2.75) is 25.7 Å². The molecule has 25 heavy (non-hydrogen) atoms. The van der Waals surface area contributed by atoms with Crippen LogP contribution in [0.5, 0.6) is 0 Å². The minimum absolute atomic E-state index is 0.177. The van der Waals surface area contributed by atoms with E-state index in [2.05, 4.69) is 21.4 Å². The molecule has 1 aromatic carbocycles. The first-order valence-corrected chi connectivity index (χ1v) is 8.72. The molecule has 4 rings (SSSR count). The summed E-state index contributed by atoms with van der Waals surface area (Å²) in [5.41, 5.74) is 2.67. The molecule has 6 heteroatoms. The van der Waals surface area contributed by atoms with Gasteiger partial charge in [0.05, 0.1) is 18.3 Å². The van der Waals surface area contributed by atoms with Gasteiger partial charge >= 0.3 is 0 Å². The van der Waals surface area contributed by atoms with Gasteiger partial charge in [-0.3, -0.25) is 14.5 Å². The van der Waals surface area contributed by atoms with Crippen LogP contribution in [0.2, 0.25) is 0 Å². The monoisotopic (exact) mass is 335 g/mol. The quantitative estimate of drug-likeness (QED) is 0.738. The Balaban J connectivity index is 1.59. The Labute approximate surface area is 146 Å². The average Bonchev–Trinajstić information content (AvgIpc) is 3.08. The van der Waals surface area contributed by atoms with Gasteiger partial charge in [-0.1, -0.05) is 17.3 Å². The molecule has 3 aromatic rings. The van der Waals surface area contributed by atoms with Gasteiger partial charge in [0.2, 0.25) is 5.91 Å². The van der Waals surface area contributed by atoms with E-state index < -0.39 is 0 Å². The second-order valence-electron chi connectivity index (χ2n) is 6.63. The number of rotatable bonds is 3. The normalized spacial score (nSPS) is 14.8. The van der Waals surface area contributed by atoms with Gasteiger partial charge in [0.15, 0.2) is 0 Å². The van der Waals surface area contributed by atoms with E-state index in [0.29, 0.717) is 6.42 Å². The number of piperidine rings is 1. The third kappa shape index (κ3) is 3.38. The summed E-state index contributed by atoms with van der Waals surface area (Å²) in [6.45, 7) is 1.76. The molecule has 0 spiro atoms. The van der Waals surface area contributed by atoms with E-state index in [1.54, 1.807) is 4.68 Å². The van der Waals surface area contributed by atoms with Crippen LogP contribution in [-0.4, -0.2) is 43.9 Å². The number of amides is 1. The van der Waals surface area contributed by atoms with E-state index >= 15 is 0 Å². The van der Waals surface area contributed by atoms with Crippen LogP contribution in [0.1, 0.15) is 25.0 Å². The van der Waals surface area contributed by atoms with Crippen molar-refractivity contribution in [1.29, 1.82) is 0 Å². The number of likely N-dealkylation sites (tertiary alicyclic amines) is 1. The van der Waals surface area contributed by atoms with Gasteiger partial charge in [0.1, 0.15) is 5.69 Å². The number of aromatic nitrogens is 4. The van der Waals surface area contributed by atoms with Crippen LogP contribution in [-0.2, 0) is 18.3 Å². The summed E-state index contributed by atoms with van der Waals surface area (Å²) in [4.78, 5) is 18.9. The lowest BCUT2D eigenvalue weighted by molar-refractivity contribution is -0.131. The summed E-state index contributed by atoms with van der Waals surface area (Å²) >= 11 is 0. The summed E-state index contributed by atoms with van der Waals surface area (Å²) < 4.78 is 1.69. The van der Waals surface area contributed by atoms with Gasteiger partial charge in [0.25, 0.3) is 0 Å². The zero-order chi connectivity index (χ0) is 17.2. The number of pyridine rings is 1. The Morgan fingerprint density at radius 3 is 2.72 bits per heavy atom. The maximum Gasteiger partial charge on any atom is 0.228 e. The third-order valence-corrected chi connectivity index (χ3v) is 4.72. The Hall–Kier alpha value is -2.76. The second-order valence-corrected chi connectivity index (χ2v) is 6.63. The highest BCUT2D eigenvalue weighted by atomic mass is 16.2. The summed E-state index contributed by atoms with van der Waals surface area (Å²) in [5, 5.41) is 10.3. The first-order valence-electron chi connectivity index (χ1n) is 8.72. The summed E-state index contributed by atoms with van der Waals surface area (Å²) in [6, 6.07) is 8.14. The zero-order valence-electron chi connectivity index (χ0n) is 14.4. The summed E-state index contributed by atoms with van der Waals surface area (Å²) in [5.74, 6) is 0.177.